The molecule has 0 aliphatic rings. The van der Waals surface area contributed by atoms with Crippen molar-refractivity contribution < 1.29 is 0 Å². The normalized spacial score (nSPS) is 13.0. The van der Waals surface area contributed by atoms with Gasteiger partial charge in [-0.1, -0.05) is 15.9 Å². The van der Waals surface area contributed by atoms with Gasteiger partial charge in [-0.15, -0.1) is 22.9 Å². The van der Waals surface area contributed by atoms with Crippen LogP contribution in [0.4, 0.5) is 0 Å². The van der Waals surface area contributed by atoms with Crippen LogP contribution in [0.15, 0.2) is 38.6 Å². The molecule has 0 aliphatic heterocycles. The third-order valence-electron chi connectivity index (χ3n) is 3.09. The van der Waals surface area contributed by atoms with Gasteiger partial charge in [0.05, 0.1) is 23.0 Å². The van der Waals surface area contributed by atoms with Crippen molar-refractivity contribution in [3.05, 3.63) is 49.3 Å². The molecule has 20 heavy (non-hydrogen) atoms. The van der Waals surface area contributed by atoms with E-state index in [-0.39, 0.29) is 5.38 Å². The van der Waals surface area contributed by atoms with Crippen molar-refractivity contribution in [1.29, 1.82) is 0 Å². The number of halogens is 3. The number of nitrogens with zero attached hydrogens (tertiary/aromatic N) is 2. The minimum Gasteiger partial charge on any atom is -0.321 e. The standard InChI is InChI=1S/C14H11Br2ClN2S/c1-8(17)14-18-11-3-2-9(15)6-12(11)19(14)7-13-10(16)4-5-20-13/h2-6,8H,7H2,1H3. The zero-order valence-electron chi connectivity index (χ0n) is 10.6. The fraction of sp³-hybridized carbons (Fsp3) is 0.214. The van der Waals surface area contributed by atoms with Gasteiger partial charge in [0.1, 0.15) is 5.82 Å². The van der Waals surface area contributed by atoms with Gasteiger partial charge in [0.25, 0.3) is 0 Å². The summed E-state index contributed by atoms with van der Waals surface area (Å²) in [6.45, 7) is 2.73. The molecule has 0 radical (unpaired) electrons. The minimum atomic E-state index is -0.125. The number of hydrogen-bond donors (Lipinski definition) is 0. The van der Waals surface area contributed by atoms with E-state index in [2.05, 4.69) is 58.9 Å². The number of rotatable bonds is 3. The maximum absolute atomic E-state index is 6.30. The summed E-state index contributed by atoms with van der Waals surface area (Å²) in [4.78, 5) is 5.93. The van der Waals surface area contributed by atoms with Gasteiger partial charge >= 0.3 is 0 Å². The molecule has 2 heterocycles. The zero-order chi connectivity index (χ0) is 14.3. The summed E-state index contributed by atoms with van der Waals surface area (Å²) in [7, 11) is 0. The predicted molar refractivity (Wildman–Crippen MR) is 92.8 cm³/mol. The first-order valence-corrected chi connectivity index (χ1v) is 8.98. The largest absolute Gasteiger partial charge is 0.321 e. The summed E-state index contributed by atoms with van der Waals surface area (Å²) in [5.41, 5.74) is 2.07. The van der Waals surface area contributed by atoms with Crippen LogP contribution in [0.1, 0.15) is 23.0 Å². The van der Waals surface area contributed by atoms with Crippen LogP contribution in [0.3, 0.4) is 0 Å². The highest BCUT2D eigenvalue weighted by Gasteiger charge is 2.16. The van der Waals surface area contributed by atoms with E-state index in [1.54, 1.807) is 11.3 Å². The predicted octanol–water partition coefficient (Wildman–Crippen LogP) is 5.97. The molecule has 1 atom stereocenters. The fourth-order valence-corrected chi connectivity index (χ4v) is 4.15. The van der Waals surface area contributed by atoms with E-state index in [4.69, 9.17) is 11.6 Å². The third kappa shape index (κ3) is 2.69. The Morgan fingerprint density at radius 1 is 1.35 bits per heavy atom. The van der Waals surface area contributed by atoms with Gasteiger partial charge in [-0.25, -0.2) is 4.98 Å². The van der Waals surface area contributed by atoms with Crippen LogP contribution >= 0.6 is 54.8 Å². The molecule has 0 fully saturated rings. The summed E-state index contributed by atoms with van der Waals surface area (Å²) in [5.74, 6) is 0.903. The number of fused-ring (bicyclic) bond motifs is 1. The van der Waals surface area contributed by atoms with Gasteiger partial charge in [0.2, 0.25) is 0 Å². The number of thiophene rings is 1. The van der Waals surface area contributed by atoms with Crippen molar-refractivity contribution in [3.8, 4) is 0 Å². The Hall–Kier alpha value is -0.360. The lowest BCUT2D eigenvalue weighted by atomic mass is 10.3. The van der Waals surface area contributed by atoms with Crippen LogP contribution in [0.2, 0.25) is 0 Å². The molecular weight excluding hydrogens is 423 g/mol. The molecule has 2 nitrogen and oxygen atoms in total. The summed E-state index contributed by atoms with van der Waals surface area (Å²) < 4.78 is 4.37. The number of aromatic nitrogens is 2. The van der Waals surface area contributed by atoms with Crippen LogP contribution in [-0.2, 0) is 6.54 Å². The van der Waals surface area contributed by atoms with E-state index in [1.165, 1.54) is 4.88 Å². The molecule has 0 N–H and O–H groups in total. The lowest BCUT2D eigenvalue weighted by Crippen LogP contribution is -2.05. The maximum atomic E-state index is 6.30. The Balaban J connectivity index is 2.18. The molecule has 0 spiro atoms. The molecule has 6 heteroatoms. The Bertz CT molecular complexity index is 764. The van der Waals surface area contributed by atoms with E-state index in [0.29, 0.717) is 0 Å². The van der Waals surface area contributed by atoms with Crippen LogP contribution < -0.4 is 0 Å². The molecule has 1 unspecified atom stereocenters. The third-order valence-corrected chi connectivity index (χ3v) is 5.69. The van der Waals surface area contributed by atoms with E-state index >= 15 is 0 Å². The summed E-state index contributed by atoms with van der Waals surface area (Å²) in [5, 5.41) is 1.96. The highest BCUT2D eigenvalue weighted by Crippen LogP contribution is 2.30. The second-order valence-corrected chi connectivity index (χ2v) is 7.92. The van der Waals surface area contributed by atoms with Crippen LogP contribution in [0.25, 0.3) is 11.0 Å². The smallest absolute Gasteiger partial charge is 0.128 e. The lowest BCUT2D eigenvalue weighted by Gasteiger charge is -2.10. The monoisotopic (exact) mass is 432 g/mol. The van der Waals surface area contributed by atoms with Crippen molar-refractivity contribution in [2.75, 3.05) is 0 Å². The first-order chi connectivity index (χ1) is 9.56. The average Bonchev–Trinajstić information content (AvgIpc) is 2.95. The van der Waals surface area contributed by atoms with Crippen LogP contribution in [0, 0.1) is 0 Å². The Kier molecular flexibility index (Phi) is 4.22. The topological polar surface area (TPSA) is 17.8 Å². The summed E-state index contributed by atoms with van der Waals surface area (Å²) >= 11 is 15.1. The fourth-order valence-electron chi connectivity index (χ4n) is 2.17. The molecular formula is C14H11Br2ClN2S. The Labute approximate surface area is 143 Å². The molecule has 104 valence electrons. The first-order valence-electron chi connectivity index (χ1n) is 6.08. The van der Waals surface area contributed by atoms with Crippen LogP contribution in [0.5, 0.6) is 0 Å². The van der Waals surface area contributed by atoms with Crippen molar-refractivity contribution >= 4 is 65.8 Å². The number of benzene rings is 1. The molecule has 0 saturated heterocycles. The van der Waals surface area contributed by atoms with E-state index in [0.717, 1.165) is 32.3 Å². The van der Waals surface area contributed by atoms with Gasteiger partial charge < -0.3 is 4.57 Å². The average molecular weight is 435 g/mol. The minimum absolute atomic E-state index is 0.125. The lowest BCUT2D eigenvalue weighted by molar-refractivity contribution is 0.749. The zero-order valence-corrected chi connectivity index (χ0v) is 15.4. The first kappa shape index (κ1) is 14.6. The molecule has 2 aromatic heterocycles. The van der Waals surface area contributed by atoms with E-state index in [1.807, 2.05) is 19.1 Å². The molecule has 3 aromatic rings. The SMILES string of the molecule is CC(Cl)c1nc2ccc(Br)cc2n1Cc1sccc1Br. The molecule has 0 aliphatic carbocycles. The highest BCUT2D eigenvalue weighted by molar-refractivity contribution is 9.10. The summed E-state index contributed by atoms with van der Waals surface area (Å²) in [6.07, 6.45) is 0. The van der Waals surface area contributed by atoms with E-state index in [9.17, 15) is 0 Å². The van der Waals surface area contributed by atoms with Gasteiger partial charge in [-0.2, -0.15) is 0 Å². The van der Waals surface area contributed by atoms with Crippen LogP contribution in [-0.4, -0.2) is 9.55 Å². The molecule has 0 amide bonds. The van der Waals surface area contributed by atoms with Crippen molar-refractivity contribution in [2.45, 2.75) is 18.8 Å². The molecule has 3 rings (SSSR count). The number of hydrogen-bond acceptors (Lipinski definition) is 2. The van der Waals surface area contributed by atoms with Crippen molar-refractivity contribution in [3.63, 3.8) is 0 Å². The van der Waals surface area contributed by atoms with Crippen molar-refractivity contribution in [2.24, 2.45) is 0 Å². The Morgan fingerprint density at radius 3 is 2.80 bits per heavy atom. The van der Waals surface area contributed by atoms with Gasteiger partial charge in [0.15, 0.2) is 0 Å². The number of alkyl halides is 1. The molecule has 0 saturated carbocycles. The molecule has 1 aromatic carbocycles. The number of imidazole rings is 1. The molecule has 0 bridgehead atoms. The highest BCUT2D eigenvalue weighted by atomic mass is 79.9. The van der Waals surface area contributed by atoms with Gasteiger partial charge in [-0.3, -0.25) is 0 Å². The quantitative estimate of drug-likeness (QED) is 0.464. The van der Waals surface area contributed by atoms with Gasteiger partial charge in [0, 0.05) is 13.8 Å². The van der Waals surface area contributed by atoms with Gasteiger partial charge in [-0.05, 0) is 52.5 Å². The maximum Gasteiger partial charge on any atom is 0.128 e. The van der Waals surface area contributed by atoms with E-state index < -0.39 is 0 Å². The Morgan fingerprint density at radius 2 is 2.15 bits per heavy atom. The summed E-state index contributed by atoms with van der Waals surface area (Å²) in [6, 6.07) is 8.18. The second kappa shape index (κ2) is 5.79. The second-order valence-electron chi connectivity index (χ2n) is 4.50. The van der Waals surface area contributed by atoms with Crippen molar-refractivity contribution in [1.82, 2.24) is 9.55 Å².